The predicted octanol–water partition coefficient (Wildman–Crippen LogP) is 2.64. The van der Waals surface area contributed by atoms with Crippen molar-refractivity contribution in [2.45, 2.75) is 45.6 Å². The van der Waals surface area contributed by atoms with Crippen LogP contribution in [0, 0.1) is 17.0 Å². The van der Waals surface area contributed by atoms with E-state index in [0.29, 0.717) is 11.1 Å². The summed E-state index contributed by atoms with van der Waals surface area (Å²) in [7, 11) is 0. The minimum atomic E-state index is -0.772. The van der Waals surface area contributed by atoms with Crippen LogP contribution in [0.1, 0.15) is 38.8 Å². The Morgan fingerprint density at radius 2 is 1.96 bits per heavy atom. The van der Waals surface area contributed by atoms with Crippen LogP contribution in [-0.4, -0.2) is 29.7 Å². The van der Waals surface area contributed by atoms with Crippen LogP contribution < -0.4 is 11.1 Å². The molecule has 1 unspecified atom stereocenters. The quantitative estimate of drug-likeness (QED) is 0.640. The Bertz CT molecular complexity index is 595. The molecule has 7 nitrogen and oxygen atoms in total. The zero-order valence-corrected chi connectivity index (χ0v) is 14.3. The molecule has 0 spiro atoms. The van der Waals surface area contributed by atoms with Gasteiger partial charge in [-0.25, -0.2) is 4.79 Å². The van der Waals surface area contributed by atoms with Crippen molar-refractivity contribution < 1.29 is 14.5 Å². The number of alkyl carbamates (subject to hydrolysis) is 1. The summed E-state index contributed by atoms with van der Waals surface area (Å²) in [6.07, 6.45) is -0.576. The van der Waals surface area contributed by atoms with E-state index in [1.165, 1.54) is 0 Å². The van der Waals surface area contributed by atoms with Gasteiger partial charge < -0.3 is 15.8 Å². The predicted molar refractivity (Wildman–Crippen MR) is 88.5 cm³/mol. The van der Waals surface area contributed by atoms with Crippen LogP contribution in [0.5, 0.6) is 0 Å². The van der Waals surface area contributed by atoms with E-state index in [-0.39, 0.29) is 18.8 Å². The molecule has 0 aliphatic heterocycles. The third-order valence-electron chi connectivity index (χ3n) is 3.54. The first kappa shape index (κ1) is 18.9. The fourth-order valence-corrected chi connectivity index (χ4v) is 2.25. The number of ether oxygens (including phenoxy) is 1. The minimum absolute atomic E-state index is 0.0337. The second-order valence-electron chi connectivity index (χ2n) is 6.85. The molecule has 23 heavy (non-hydrogen) atoms. The molecule has 0 heterocycles. The topological polar surface area (TPSA) is 107 Å². The molecule has 0 fully saturated rings. The number of nitrogens with two attached hydrogens (primary N) is 1. The van der Waals surface area contributed by atoms with Crippen molar-refractivity contribution in [1.82, 2.24) is 5.32 Å². The molecular formula is C16H25N3O4. The molecule has 0 aliphatic rings. The normalized spacial score (nSPS) is 14.0. The molecule has 128 valence electrons. The number of nitro groups is 1. The highest BCUT2D eigenvalue weighted by Gasteiger charge is 2.34. The number of hydrogen-bond acceptors (Lipinski definition) is 5. The summed E-state index contributed by atoms with van der Waals surface area (Å²) in [5.41, 5.74) is 5.57. The summed E-state index contributed by atoms with van der Waals surface area (Å²) in [6.45, 7) is 9.04. The number of rotatable bonds is 5. The molecule has 3 N–H and O–H groups in total. The largest absolute Gasteiger partial charge is 0.444 e. The van der Waals surface area contributed by atoms with Crippen LogP contribution in [0.25, 0.3) is 0 Å². The molecule has 0 aromatic heterocycles. The third kappa shape index (κ3) is 4.92. The van der Waals surface area contributed by atoms with Crippen LogP contribution in [0.3, 0.4) is 0 Å². The van der Waals surface area contributed by atoms with E-state index in [1.54, 1.807) is 52.8 Å². The molecule has 1 aromatic rings. The van der Waals surface area contributed by atoms with Crippen LogP contribution in [-0.2, 0) is 10.2 Å². The lowest BCUT2D eigenvalue weighted by Gasteiger charge is -2.29. The van der Waals surface area contributed by atoms with Gasteiger partial charge in [-0.2, -0.15) is 0 Å². The third-order valence-corrected chi connectivity index (χ3v) is 3.54. The van der Waals surface area contributed by atoms with E-state index < -0.39 is 22.0 Å². The summed E-state index contributed by atoms with van der Waals surface area (Å²) >= 11 is 0. The summed E-state index contributed by atoms with van der Waals surface area (Å²) in [5.74, 6) is 0. The van der Waals surface area contributed by atoms with Crippen molar-refractivity contribution in [2.75, 3.05) is 13.1 Å². The first-order valence-electron chi connectivity index (χ1n) is 7.41. The highest BCUT2D eigenvalue weighted by molar-refractivity contribution is 5.68. The van der Waals surface area contributed by atoms with E-state index >= 15 is 0 Å². The minimum Gasteiger partial charge on any atom is -0.444 e. The highest BCUT2D eigenvalue weighted by Crippen LogP contribution is 2.33. The number of para-hydroxylation sites is 1. The lowest BCUT2D eigenvalue weighted by molar-refractivity contribution is -0.386. The van der Waals surface area contributed by atoms with Crippen molar-refractivity contribution in [3.63, 3.8) is 0 Å². The van der Waals surface area contributed by atoms with Gasteiger partial charge in [-0.05, 0) is 27.7 Å². The van der Waals surface area contributed by atoms with Crippen LogP contribution in [0.2, 0.25) is 0 Å². The Labute approximate surface area is 136 Å². The number of carbonyl (C=O) groups excluding carboxylic acids is 1. The smallest absolute Gasteiger partial charge is 0.407 e. The number of hydrogen-bond donors (Lipinski definition) is 2. The van der Waals surface area contributed by atoms with Gasteiger partial charge in [0.1, 0.15) is 5.60 Å². The molecule has 1 rings (SSSR count). The van der Waals surface area contributed by atoms with Gasteiger partial charge in [0.15, 0.2) is 0 Å². The van der Waals surface area contributed by atoms with Gasteiger partial charge in [-0.1, -0.05) is 25.1 Å². The number of carbonyl (C=O) groups is 1. The Balaban J connectivity index is 3.05. The zero-order chi connectivity index (χ0) is 17.8. The molecule has 0 saturated heterocycles. The molecule has 0 radical (unpaired) electrons. The maximum absolute atomic E-state index is 11.8. The summed E-state index contributed by atoms with van der Waals surface area (Å²) in [4.78, 5) is 22.8. The zero-order valence-electron chi connectivity index (χ0n) is 14.3. The second kappa shape index (κ2) is 6.95. The fraction of sp³-hybridized carbons (Fsp3) is 0.562. The fourth-order valence-electron chi connectivity index (χ4n) is 2.25. The Morgan fingerprint density at radius 3 is 2.43 bits per heavy atom. The molecule has 1 aromatic carbocycles. The van der Waals surface area contributed by atoms with E-state index in [0.717, 1.165) is 0 Å². The van der Waals surface area contributed by atoms with Gasteiger partial charge in [0.25, 0.3) is 5.69 Å². The van der Waals surface area contributed by atoms with Gasteiger partial charge >= 0.3 is 6.09 Å². The average Bonchev–Trinajstić information content (AvgIpc) is 2.42. The number of aryl methyl sites for hydroxylation is 1. The van der Waals surface area contributed by atoms with Gasteiger partial charge in [0, 0.05) is 29.6 Å². The average molecular weight is 323 g/mol. The van der Waals surface area contributed by atoms with Crippen LogP contribution in [0.15, 0.2) is 18.2 Å². The molecule has 0 saturated carbocycles. The summed E-state index contributed by atoms with van der Waals surface area (Å²) in [6, 6.07) is 5.10. The number of nitrogens with one attached hydrogen (secondary N) is 1. The molecule has 1 atom stereocenters. The Morgan fingerprint density at radius 1 is 1.35 bits per heavy atom. The second-order valence-corrected chi connectivity index (χ2v) is 6.85. The summed E-state index contributed by atoms with van der Waals surface area (Å²) in [5, 5.41) is 14.0. The molecular weight excluding hydrogens is 298 g/mol. The number of amides is 1. The van der Waals surface area contributed by atoms with Crippen molar-refractivity contribution in [2.24, 2.45) is 5.73 Å². The molecule has 1 amide bonds. The van der Waals surface area contributed by atoms with Crippen LogP contribution >= 0.6 is 0 Å². The Kier molecular flexibility index (Phi) is 5.71. The maximum Gasteiger partial charge on any atom is 0.407 e. The lowest BCUT2D eigenvalue weighted by Crippen LogP contribution is -2.45. The first-order valence-corrected chi connectivity index (χ1v) is 7.41. The lowest BCUT2D eigenvalue weighted by atomic mass is 9.80. The number of benzene rings is 1. The van der Waals surface area contributed by atoms with Gasteiger partial charge in [0.2, 0.25) is 0 Å². The van der Waals surface area contributed by atoms with Crippen molar-refractivity contribution in [3.8, 4) is 0 Å². The Hall–Kier alpha value is -2.15. The van der Waals surface area contributed by atoms with E-state index in [2.05, 4.69) is 5.32 Å². The SMILES string of the molecule is Cc1cccc(C(C)(CN)CNC(=O)OC(C)(C)C)c1[N+](=O)[O-]. The first-order chi connectivity index (χ1) is 10.5. The van der Waals surface area contributed by atoms with Gasteiger partial charge in [-0.3, -0.25) is 10.1 Å². The van der Waals surface area contributed by atoms with E-state index in [4.69, 9.17) is 10.5 Å². The summed E-state index contributed by atoms with van der Waals surface area (Å²) < 4.78 is 5.19. The molecule has 0 bridgehead atoms. The van der Waals surface area contributed by atoms with Crippen molar-refractivity contribution in [3.05, 3.63) is 39.4 Å². The maximum atomic E-state index is 11.8. The van der Waals surface area contributed by atoms with Gasteiger partial charge in [0.05, 0.1) is 4.92 Å². The van der Waals surface area contributed by atoms with E-state index in [9.17, 15) is 14.9 Å². The van der Waals surface area contributed by atoms with Crippen LogP contribution in [0.4, 0.5) is 10.5 Å². The highest BCUT2D eigenvalue weighted by atomic mass is 16.6. The van der Waals surface area contributed by atoms with Crippen molar-refractivity contribution >= 4 is 11.8 Å². The van der Waals surface area contributed by atoms with Crippen molar-refractivity contribution in [1.29, 1.82) is 0 Å². The molecule has 7 heteroatoms. The number of nitrogens with zero attached hydrogens (tertiary/aromatic N) is 1. The van der Waals surface area contributed by atoms with E-state index in [1.807, 2.05) is 0 Å². The monoisotopic (exact) mass is 323 g/mol. The number of nitro benzene ring substituents is 1. The van der Waals surface area contributed by atoms with Gasteiger partial charge in [-0.15, -0.1) is 0 Å². The standard InChI is InChI=1S/C16H25N3O4/c1-11-7-6-8-12(13(11)19(21)22)16(5,9-17)10-18-14(20)23-15(2,3)4/h6-8H,9-10,17H2,1-5H3,(H,18,20). The molecule has 0 aliphatic carbocycles.